The molecular formula is C17H15Cl2N3OS. The number of amides is 1. The number of nitrogens with zero attached hydrogens (tertiary/aromatic N) is 2. The van der Waals surface area contributed by atoms with Crippen molar-refractivity contribution in [2.45, 2.75) is 18.8 Å². The highest BCUT2D eigenvalue weighted by Crippen LogP contribution is 2.34. The van der Waals surface area contributed by atoms with Gasteiger partial charge in [0.2, 0.25) is 0 Å². The van der Waals surface area contributed by atoms with Gasteiger partial charge >= 0.3 is 0 Å². The molecule has 1 aliphatic heterocycles. The molecule has 0 unspecified atom stereocenters. The SMILES string of the molecule is O=C(c1cc(Cl)sc1Cl)N1CCC(c2nc3ccccc3[nH]2)CC1. The lowest BCUT2D eigenvalue weighted by atomic mass is 9.96. The third-order valence-electron chi connectivity index (χ3n) is 4.46. The number of halogens is 2. The van der Waals surface area contributed by atoms with Gasteiger partial charge in [0.05, 0.1) is 20.9 Å². The fraction of sp³-hybridized carbons (Fsp3) is 0.294. The molecule has 1 N–H and O–H groups in total. The summed E-state index contributed by atoms with van der Waals surface area (Å²) in [6.45, 7) is 1.40. The Labute approximate surface area is 153 Å². The molecule has 1 saturated heterocycles. The van der Waals surface area contributed by atoms with Crippen LogP contribution in [0.25, 0.3) is 11.0 Å². The standard InChI is InChI=1S/C17H15Cl2N3OS/c18-14-9-11(15(19)24-14)17(23)22-7-5-10(6-8-22)16-20-12-3-1-2-4-13(12)21-16/h1-4,9-10H,5-8H2,(H,20,21). The Morgan fingerprint density at radius 2 is 2.00 bits per heavy atom. The van der Waals surface area contributed by atoms with Crippen molar-refractivity contribution in [2.24, 2.45) is 0 Å². The monoisotopic (exact) mass is 379 g/mol. The fourth-order valence-corrected chi connectivity index (χ4v) is 4.63. The molecule has 24 heavy (non-hydrogen) atoms. The molecule has 1 aromatic carbocycles. The number of carbonyl (C=O) groups is 1. The molecule has 1 aliphatic rings. The normalized spacial score (nSPS) is 16.0. The molecule has 3 aromatic rings. The molecule has 2 aromatic heterocycles. The molecule has 4 nitrogen and oxygen atoms in total. The Bertz CT molecular complexity index is 863. The van der Waals surface area contributed by atoms with Gasteiger partial charge in [-0.15, -0.1) is 11.3 Å². The van der Waals surface area contributed by atoms with Gasteiger partial charge in [0.25, 0.3) is 5.91 Å². The van der Waals surface area contributed by atoms with Crippen LogP contribution in [0.5, 0.6) is 0 Å². The van der Waals surface area contributed by atoms with Crippen molar-refractivity contribution in [3.63, 3.8) is 0 Å². The summed E-state index contributed by atoms with van der Waals surface area (Å²) in [4.78, 5) is 22.5. The highest BCUT2D eigenvalue weighted by atomic mass is 35.5. The van der Waals surface area contributed by atoms with Crippen LogP contribution >= 0.6 is 34.5 Å². The van der Waals surface area contributed by atoms with Crippen LogP contribution in [0, 0.1) is 0 Å². The molecule has 1 amide bonds. The maximum Gasteiger partial charge on any atom is 0.256 e. The number of carbonyl (C=O) groups excluding carboxylic acids is 1. The zero-order valence-electron chi connectivity index (χ0n) is 12.8. The van der Waals surface area contributed by atoms with E-state index in [0.29, 0.717) is 33.2 Å². The number of hydrogen-bond acceptors (Lipinski definition) is 3. The van der Waals surface area contributed by atoms with Gasteiger partial charge in [-0.05, 0) is 31.0 Å². The van der Waals surface area contributed by atoms with E-state index in [9.17, 15) is 4.79 Å². The number of hydrogen-bond donors (Lipinski definition) is 1. The van der Waals surface area contributed by atoms with Crippen LogP contribution in [0.15, 0.2) is 30.3 Å². The van der Waals surface area contributed by atoms with E-state index in [1.54, 1.807) is 6.07 Å². The molecule has 0 radical (unpaired) electrons. The Kier molecular flexibility index (Phi) is 4.24. The highest BCUT2D eigenvalue weighted by Gasteiger charge is 2.28. The number of benzene rings is 1. The van der Waals surface area contributed by atoms with Gasteiger partial charge in [-0.3, -0.25) is 4.79 Å². The number of H-pyrrole nitrogens is 1. The van der Waals surface area contributed by atoms with Crippen molar-refractivity contribution in [3.05, 3.63) is 50.4 Å². The summed E-state index contributed by atoms with van der Waals surface area (Å²) in [7, 11) is 0. The minimum absolute atomic E-state index is 0.0359. The maximum atomic E-state index is 12.6. The molecule has 4 rings (SSSR count). The van der Waals surface area contributed by atoms with E-state index in [1.165, 1.54) is 11.3 Å². The van der Waals surface area contributed by atoms with Crippen LogP contribution < -0.4 is 0 Å². The summed E-state index contributed by atoms with van der Waals surface area (Å²) in [6, 6.07) is 9.69. The van der Waals surface area contributed by atoms with E-state index in [1.807, 2.05) is 29.2 Å². The first kappa shape index (κ1) is 15.9. The first-order valence-electron chi connectivity index (χ1n) is 7.80. The maximum absolute atomic E-state index is 12.6. The first-order chi connectivity index (χ1) is 11.6. The molecule has 124 valence electrons. The van der Waals surface area contributed by atoms with Crippen LogP contribution in [-0.2, 0) is 0 Å². The van der Waals surface area contributed by atoms with Crippen LogP contribution in [-0.4, -0.2) is 33.9 Å². The first-order valence-corrected chi connectivity index (χ1v) is 9.38. The number of fused-ring (bicyclic) bond motifs is 1. The minimum Gasteiger partial charge on any atom is -0.342 e. The number of imidazole rings is 1. The van der Waals surface area contributed by atoms with Crippen molar-refractivity contribution >= 4 is 51.5 Å². The second-order valence-electron chi connectivity index (χ2n) is 5.94. The molecule has 1 fully saturated rings. The zero-order chi connectivity index (χ0) is 16.7. The van der Waals surface area contributed by atoms with Crippen LogP contribution in [0.2, 0.25) is 8.67 Å². The van der Waals surface area contributed by atoms with E-state index < -0.39 is 0 Å². The number of aromatic nitrogens is 2. The van der Waals surface area contributed by atoms with Crippen molar-refractivity contribution in [1.82, 2.24) is 14.9 Å². The fourth-order valence-electron chi connectivity index (χ4n) is 3.18. The number of nitrogens with one attached hydrogen (secondary N) is 1. The Balaban J connectivity index is 1.46. The third-order valence-corrected chi connectivity index (χ3v) is 5.95. The van der Waals surface area contributed by atoms with Gasteiger partial charge < -0.3 is 9.88 Å². The lowest BCUT2D eigenvalue weighted by Crippen LogP contribution is -2.38. The lowest BCUT2D eigenvalue weighted by molar-refractivity contribution is 0.0712. The van der Waals surface area contributed by atoms with Gasteiger partial charge in [-0.2, -0.15) is 0 Å². The number of para-hydroxylation sites is 2. The molecule has 0 atom stereocenters. The third kappa shape index (κ3) is 2.92. The van der Waals surface area contributed by atoms with Crippen LogP contribution in [0.3, 0.4) is 0 Å². The van der Waals surface area contributed by atoms with Crippen LogP contribution in [0.4, 0.5) is 0 Å². The largest absolute Gasteiger partial charge is 0.342 e. The Hall–Kier alpha value is -1.56. The Morgan fingerprint density at radius 3 is 2.67 bits per heavy atom. The quantitative estimate of drug-likeness (QED) is 0.684. The van der Waals surface area contributed by atoms with E-state index in [0.717, 1.165) is 29.7 Å². The van der Waals surface area contributed by atoms with Crippen molar-refractivity contribution in [1.29, 1.82) is 0 Å². The number of aromatic amines is 1. The molecule has 0 bridgehead atoms. The number of rotatable bonds is 2. The van der Waals surface area contributed by atoms with Crippen molar-refractivity contribution < 1.29 is 4.79 Å². The van der Waals surface area contributed by atoms with Gasteiger partial charge in [0, 0.05) is 19.0 Å². The van der Waals surface area contributed by atoms with Gasteiger partial charge in [0.15, 0.2) is 0 Å². The Morgan fingerprint density at radius 1 is 1.25 bits per heavy atom. The summed E-state index contributed by atoms with van der Waals surface area (Å²) >= 11 is 13.3. The average Bonchev–Trinajstić information content (AvgIpc) is 3.17. The number of piperidine rings is 1. The molecule has 0 saturated carbocycles. The van der Waals surface area contributed by atoms with E-state index in [4.69, 9.17) is 23.2 Å². The molecule has 0 spiro atoms. The number of thiophene rings is 1. The molecule has 7 heteroatoms. The average molecular weight is 380 g/mol. The molecule has 0 aliphatic carbocycles. The van der Waals surface area contributed by atoms with Gasteiger partial charge in [-0.25, -0.2) is 4.98 Å². The molecular weight excluding hydrogens is 365 g/mol. The van der Waals surface area contributed by atoms with Gasteiger partial charge in [0.1, 0.15) is 10.2 Å². The van der Waals surface area contributed by atoms with E-state index in [2.05, 4.69) is 9.97 Å². The van der Waals surface area contributed by atoms with Crippen molar-refractivity contribution in [3.8, 4) is 0 Å². The summed E-state index contributed by atoms with van der Waals surface area (Å²) in [5.74, 6) is 1.33. The second-order valence-corrected chi connectivity index (χ2v) is 8.23. The number of likely N-dealkylation sites (tertiary alicyclic amines) is 1. The zero-order valence-corrected chi connectivity index (χ0v) is 15.1. The van der Waals surface area contributed by atoms with E-state index >= 15 is 0 Å². The van der Waals surface area contributed by atoms with Crippen LogP contribution in [0.1, 0.15) is 34.9 Å². The van der Waals surface area contributed by atoms with Gasteiger partial charge in [-0.1, -0.05) is 35.3 Å². The minimum atomic E-state index is -0.0359. The van der Waals surface area contributed by atoms with Crippen molar-refractivity contribution in [2.75, 3.05) is 13.1 Å². The smallest absolute Gasteiger partial charge is 0.256 e. The highest BCUT2D eigenvalue weighted by molar-refractivity contribution is 7.20. The predicted octanol–water partition coefficient (Wildman–Crippen LogP) is 4.95. The molecule has 3 heterocycles. The summed E-state index contributed by atoms with van der Waals surface area (Å²) < 4.78 is 1.00. The topological polar surface area (TPSA) is 49.0 Å². The summed E-state index contributed by atoms with van der Waals surface area (Å²) in [5.41, 5.74) is 2.56. The predicted molar refractivity (Wildman–Crippen MR) is 98.3 cm³/mol. The lowest BCUT2D eigenvalue weighted by Gasteiger charge is -2.31. The summed E-state index contributed by atoms with van der Waals surface area (Å²) in [5, 5.41) is 0. The summed E-state index contributed by atoms with van der Waals surface area (Å²) in [6.07, 6.45) is 1.78. The second kappa shape index (κ2) is 6.39. The van der Waals surface area contributed by atoms with E-state index in [-0.39, 0.29) is 5.91 Å².